The summed E-state index contributed by atoms with van der Waals surface area (Å²) in [4.78, 5) is 11.1. The number of rotatable bonds is 2. The van der Waals surface area contributed by atoms with Gasteiger partial charge in [-0.05, 0) is 62.7 Å². The van der Waals surface area contributed by atoms with Crippen LogP contribution < -0.4 is 0 Å². The number of fused-ring (bicyclic) bond motifs is 2. The second-order valence-corrected chi connectivity index (χ2v) is 9.64. The van der Waals surface area contributed by atoms with Crippen molar-refractivity contribution in [2.24, 2.45) is 22.7 Å². The van der Waals surface area contributed by atoms with Crippen molar-refractivity contribution in [3.05, 3.63) is 0 Å². The molecule has 0 unspecified atom stereocenters. The predicted octanol–water partition coefficient (Wildman–Crippen LogP) is 4.12. The molecule has 3 nitrogen and oxygen atoms in total. The maximum absolute atomic E-state index is 11.1. The highest BCUT2D eigenvalue weighted by Gasteiger charge is 2.67. The molecule has 0 aromatic heterocycles. The number of hydrogen-bond donors (Lipinski definition) is 1. The van der Waals surface area contributed by atoms with Crippen LogP contribution in [0.4, 0.5) is 0 Å². The molecule has 1 N–H and O–H groups in total. The third-order valence-corrected chi connectivity index (χ3v) is 8.08. The summed E-state index contributed by atoms with van der Waals surface area (Å²) in [5.41, 5.74) is -0.409. The molecule has 0 aromatic carbocycles. The smallest absolute Gasteiger partial charge is 0.122 e. The minimum Gasteiger partial charge on any atom is -0.393 e. The molecule has 0 amide bonds. The highest BCUT2D eigenvalue weighted by molar-refractivity contribution is 5.51. The van der Waals surface area contributed by atoms with Crippen molar-refractivity contribution in [1.29, 1.82) is 0 Å². The van der Waals surface area contributed by atoms with Crippen LogP contribution >= 0.6 is 0 Å². The molecule has 132 valence electrons. The monoisotopic (exact) mass is 322 g/mol. The molecular formula is C20H34O3. The molecule has 2 saturated carbocycles. The number of aldehydes is 1. The lowest BCUT2D eigenvalue weighted by atomic mass is 9.44. The van der Waals surface area contributed by atoms with E-state index < -0.39 is 0 Å². The Morgan fingerprint density at radius 2 is 1.78 bits per heavy atom. The van der Waals surface area contributed by atoms with E-state index in [2.05, 4.69) is 34.6 Å². The van der Waals surface area contributed by atoms with Crippen LogP contribution in [-0.4, -0.2) is 28.7 Å². The number of ether oxygens (including phenoxy) is 1. The van der Waals surface area contributed by atoms with Gasteiger partial charge in [0.05, 0.1) is 17.3 Å². The molecule has 1 heterocycles. The van der Waals surface area contributed by atoms with Crippen molar-refractivity contribution in [2.75, 3.05) is 0 Å². The Kier molecular flexibility index (Phi) is 4.01. The van der Waals surface area contributed by atoms with Gasteiger partial charge in [-0.25, -0.2) is 0 Å². The van der Waals surface area contributed by atoms with Gasteiger partial charge in [0.15, 0.2) is 0 Å². The van der Waals surface area contributed by atoms with Gasteiger partial charge in [0.1, 0.15) is 6.29 Å². The van der Waals surface area contributed by atoms with Crippen LogP contribution in [0.3, 0.4) is 0 Å². The summed E-state index contributed by atoms with van der Waals surface area (Å²) in [7, 11) is 0. The van der Waals surface area contributed by atoms with E-state index >= 15 is 0 Å². The van der Waals surface area contributed by atoms with Crippen molar-refractivity contribution in [3.63, 3.8) is 0 Å². The lowest BCUT2D eigenvalue weighted by molar-refractivity contribution is -0.257. The van der Waals surface area contributed by atoms with E-state index in [4.69, 9.17) is 4.74 Å². The maximum Gasteiger partial charge on any atom is 0.122 e. The molecular weight excluding hydrogens is 288 g/mol. The molecule has 3 aliphatic rings. The molecule has 6 atom stereocenters. The second-order valence-electron chi connectivity index (χ2n) is 9.64. The van der Waals surface area contributed by atoms with Crippen LogP contribution in [0.1, 0.15) is 79.6 Å². The van der Waals surface area contributed by atoms with Gasteiger partial charge >= 0.3 is 0 Å². The van der Waals surface area contributed by atoms with Gasteiger partial charge in [0.25, 0.3) is 0 Å². The zero-order chi connectivity index (χ0) is 17.1. The Morgan fingerprint density at radius 1 is 1.09 bits per heavy atom. The molecule has 3 rings (SSSR count). The standard InChI is InChI=1S/C20H34O3/c1-14-6-7-15-17(2,3)16(22)8-9-19(15,5)20(14)11-10-18(4,23-20)12-13-21/h13-16,22H,6-12H2,1-5H3/t14-,15-,16-,18-,19-,20+/m0/s1. The van der Waals surface area contributed by atoms with Gasteiger partial charge in [0, 0.05) is 11.8 Å². The fraction of sp³-hybridized carbons (Fsp3) is 0.950. The van der Waals surface area contributed by atoms with Gasteiger partial charge in [0.2, 0.25) is 0 Å². The fourth-order valence-corrected chi connectivity index (χ4v) is 6.51. The summed E-state index contributed by atoms with van der Waals surface area (Å²) < 4.78 is 6.82. The zero-order valence-corrected chi connectivity index (χ0v) is 15.5. The van der Waals surface area contributed by atoms with Gasteiger partial charge in [-0.3, -0.25) is 0 Å². The number of carbonyl (C=O) groups excluding carboxylic acids is 1. The third-order valence-electron chi connectivity index (χ3n) is 8.08. The summed E-state index contributed by atoms with van der Waals surface area (Å²) in [5.74, 6) is 0.997. The maximum atomic E-state index is 11.1. The minimum absolute atomic E-state index is 0.0624. The van der Waals surface area contributed by atoms with Crippen LogP contribution in [0.15, 0.2) is 0 Å². The summed E-state index contributed by atoms with van der Waals surface area (Å²) in [6.45, 7) is 11.3. The Labute approximate surface area is 141 Å². The fourth-order valence-electron chi connectivity index (χ4n) is 6.51. The summed E-state index contributed by atoms with van der Waals surface area (Å²) in [5, 5.41) is 10.6. The molecule has 23 heavy (non-hydrogen) atoms. The van der Waals surface area contributed by atoms with E-state index in [0.717, 1.165) is 38.4 Å². The van der Waals surface area contributed by atoms with E-state index in [1.165, 1.54) is 6.42 Å². The lowest BCUT2D eigenvalue weighted by Crippen LogP contribution is -2.65. The number of carbonyl (C=O) groups is 1. The quantitative estimate of drug-likeness (QED) is 0.778. The van der Waals surface area contributed by atoms with Crippen molar-refractivity contribution in [3.8, 4) is 0 Å². The summed E-state index contributed by atoms with van der Waals surface area (Å²) >= 11 is 0. The molecule has 3 heteroatoms. The van der Waals surface area contributed by atoms with E-state index in [9.17, 15) is 9.90 Å². The first-order valence-corrected chi connectivity index (χ1v) is 9.43. The van der Waals surface area contributed by atoms with Crippen molar-refractivity contribution in [1.82, 2.24) is 0 Å². The van der Waals surface area contributed by atoms with Crippen molar-refractivity contribution < 1.29 is 14.6 Å². The summed E-state index contributed by atoms with van der Waals surface area (Å²) in [6.07, 6.45) is 7.55. The van der Waals surface area contributed by atoms with Crippen molar-refractivity contribution >= 4 is 6.29 Å². The zero-order valence-electron chi connectivity index (χ0n) is 15.5. The first kappa shape index (κ1) is 17.4. The third kappa shape index (κ3) is 2.26. The Morgan fingerprint density at radius 3 is 2.43 bits per heavy atom. The first-order valence-electron chi connectivity index (χ1n) is 9.43. The van der Waals surface area contributed by atoms with Crippen LogP contribution in [0, 0.1) is 22.7 Å². The molecule has 1 spiro atoms. The van der Waals surface area contributed by atoms with E-state index in [0.29, 0.717) is 18.3 Å². The SMILES string of the molecule is C[C@H]1CC[C@H]2C(C)(C)[C@@H](O)CC[C@]2(C)[C@@]12CC[C@@](C)(CC=O)O2. The van der Waals surface area contributed by atoms with Gasteiger partial charge < -0.3 is 14.6 Å². The average Bonchev–Trinajstić information content (AvgIpc) is 2.81. The van der Waals surface area contributed by atoms with Crippen LogP contribution in [0.2, 0.25) is 0 Å². The molecule has 1 saturated heterocycles. The molecule has 0 aromatic rings. The summed E-state index contributed by atoms with van der Waals surface area (Å²) in [6, 6.07) is 0. The Balaban J connectivity index is 2.01. The van der Waals surface area contributed by atoms with E-state index in [-0.39, 0.29) is 28.1 Å². The second kappa shape index (κ2) is 5.29. The number of hydrogen-bond acceptors (Lipinski definition) is 3. The average molecular weight is 322 g/mol. The van der Waals surface area contributed by atoms with Crippen LogP contribution in [0.25, 0.3) is 0 Å². The normalized spacial score (nSPS) is 52.3. The topological polar surface area (TPSA) is 46.5 Å². The predicted molar refractivity (Wildman–Crippen MR) is 91.2 cm³/mol. The van der Waals surface area contributed by atoms with Crippen molar-refractivity contribution in [2.45, 2.75) is 96.9 Å². The van der Waals surface area contributed by atoms with E-state index in [1.807, 2.05) is 0 Å². The van der Waals surface area contributed by atoms with Crippen LogP contribution in [-0.2, 0) is 9.53 Å². The largest absolute Gasteiger partial charge is 0.393 e. The molecule has 2 aliphatic carbocycles. The number of aliphatic hydroxyl groups excluding tert-OH is 1. The Bertz CT molecular complexity index is 487. The molecule has 0 radical (unpaired) electrons. The first-order chi connectivity index (χ1) is 10.6. The molecule has 3 fully saturated rings. The molecule has 0 bridgehead atoms. The molecule has 1 aliphatic heterocycles. The number of aliphatic hydroxyl groups is 1. The van der Waals surface area contributed by atoms with E-state index in [1.54, 1.807) is 0 Å². The minimum atomic E-state index is -0.304. The van der Waals surface area contributed by atoms with Gasteiger partial charge in [-0.2, -0.15) is 0 Å². The lowest BCUT2D eigenvalue weighted by Gasteiger charge is -2.64. The van der Waals surface area contributed by atoms with Gasteiger partial charge in [-0.15, -0.1) is 0 Å². The highest BCUT2D eigenvalue weighted by atomic mass is 16.5. The highest BCUT2D eigenvalue weighted by Crippen LogP contribution is 2.67. The van der Waals surface area contributed by atoms with Crippen LogP contribution in [0.5, 0.6) is 0 Å². The Hall–Kier alpha value is -0.410. The van der Waals surface area contributed by atoms with Gasteiger partial charge in [-0.1, -0.05) is 27.7 Å².